The second kappa shape index (κ2) is 3.94. The van der Waals surface area contributed by atoms with Crippen LogP contribution in [-0.2, 0) is 6.54 Å². The Balaban J connectivity index is 1.98. The molecule has 90 valence electrons. The maximum atomic E-state index is 4.27. The molecule has 0 aromatic carbocycles. The first-order chi connectivity index (χ1) is 8.24. The van der Waals surface area contributed by atoms with Crippen LogP contribution in [0.15, 0.2) is 6.33 Å². The molecule has 2 aromatic heterocycles. The van der Waals surface area contributed by atoms with Crippen LogP contribution in [0.2, 0.25) is 0 Å². The van der Waals surface area contributed by atoms with Gasteiger partial charge in [-0.25, -0.2) is 14.6 Å². The lowest BCUT2D eigenvalue weighted by molar-refractivity contribution is 0.480. The second-order valence-corrected chi connectivity index (χ2v) is 4.98. The first-order valence-electron chi connectivity index (χ1n) is 6.05. The lowest BCUT2D eigenvalue weighted by atomic mass is 10.2. The Morgan fingerprint density at radius 2 is 2.24 bits per heavy atom. The van der Waals surface area contributed by atoms with E-state index in [1.54, 1.807) is 6.33 Å². The predicted molar refractivity (Wildman–Crippen MR) is 64.6 cm³/mol. The van der Waals surface area contributed by atoms with Crippen LogP contribution in [0, 0.1) is 5.92 Å². The van der Waals surface area contributed by atoms with Crippen molar-refractivity contribution in [1.82, 2.24) is 25.0 Å². The summed E-state index contributed by atoms with van der Waals surface area (Å²) in [5.74, 6) is 1.34. The highest BCUT2D eigenvalue weighted by Crippen LogP contribution is 2.26. The van der Waals surface area contributed by atoms with Crippen LogP contribution in [-0.4, -0.2) is 31.0 Å². The van der Waals surface area contributed by atoms with Crippen molar-refractivity contribution in [3.63, 3.8) is 0 Å². The molecule has 3 rings (SSSR count). The number of hydrogen-bond acceptors (Lipinski definition) is 5. The number of rotatable bonds is 4. The van der Waals surface area contributed by atoms with Crippen LogP contribution in [0.5, 0.6) is 0 Å². The fraction of sp³-hybridized carbons (Fsp3) is 0.636. The Bertz CT molecular complexity index is 528. The Kier molecular flexibility index (Phi) is 2.42. The van der Waals surface area contributed by atoms with Crippen molar-refractivity contribution in [2.45, 2.75) is 39.3 Å². The molecule has 0 amide bonds. The summed E-state index contributed by atoms with van der Waals surface area (Å²) < 4.78 is 1.85. The van der Waals surface area contributed by atoms with Gasteiger partial charge < -0.3 is 5.32 Å². The zero-order valence-electron chi connectivity index (χ0n) is 10.1. The van der Waals surface area contributed by atoms with Crippen LogP contribution < -0.4 is 5.32 Å². The highest BCUT2D eigenvalue weighted by molar-refractivity contribution is 5.82. The van der Waals surface area contributed by atoms with Gasteiger partial charge in [-0.3, -0.25) is 0 Å². The summed E-state index contributed by atoms with van der Waals surface area (Å²) in [7, 11) is 0. The summed E-state index contributed by atoms with van der Waals surface area (Å²) in [6.07, 6.45) is 4.00. The van der Waals surface area contributed by atoms with Crippen LogP contribution in [0.1, 0.15) is 26.7 Å². The molecule has 0 bridgehead atoms. The summed E-state index contributed by atoms with van der Waals surface area (Å²) in [6, 6.07) is 0.559. The SMILES string of the molecule is CC(C)Cn1nnc2c(NC3CC3)ncnc21. The first kappa shape index (κ1) is 10.4. The minimum atomic E-state index is 0.523. The van der Waals surface area contributed by atoms with E-state index in [4.69, 9.17) is 0 Å². The van der Waals surface area contributed by atoms with Gasteiger partial charge in [-0.05, 0) is 18.8 Å². The van der Waals surface area contributed by atoms with Crippen LogP contribution in [0.4, 0.5) is 5.82 Å². The van der Waals surface area contributed by atoms with Gasteiger partial charge >= 0.3 is 0 Å². The summed E-state index contributed by atoms with van der Waals surface area (Å²) in [6.45, 7) is 5.13. The third-order valence-corrected chi connectivity index (χ3v) is 2.76. The number of nitrogens with one attached hydrogen (secondary N) is 1. The third kappa shape index (κ3) is 2.07. The van der Waals surface area contributed by atoms with Gasteiger partial charge in [-0.15, -0.1) is 5.10 Å². The van der Waals surface area contributed by atoms with E-state index in [9.17, 15) is 0 Å². The van der Waals surface area contributed by atoms with Crippen LogP contribution in [0.25, 0.3) is 11.2 Å². The van der Waals surface area contributed by atoms with Crippen molar-refractivity contribution in [1.29, 1.82) is 0 Å². The standard InChI is InChI=1S/C11H16N6/c1-7(2)5-17-11-9(15-16-17)10(12-6-13-11)14-8-3-4-8/h6-8H,3-5H2,1-2H3,(H,12,13,14). The van der Waals surface area contributed by atoms with E-state index in [0.717, 1.165) is 23.5 Å². The maximum absolute atomic E-state index is 4.27. The molecule has 0 radical (unpaired) electrons. The topological polar surface area (TPSA) is 68.5 Å². The minimum absolute atomic E-state index is 0.523. The average Bonchev–Trinajstić information content (AvgIpc) is 3.01. The van der Waals surface area contributed by atoms with Crippen LogP contribution >= 0.6 is 0 Å². The number of hydrogen-bond donors (Lipinski definition) is 1. The molecule has 0 atom stereocenters. The maximum Gasteiger partial charge on any atom is 0.183 e. The lowest BCUT2D eigenvalue weighted by Gasteiger charge is -2.05. The lowest BCUT2D eigenvalue weighted by Crippen LogP contribution is -2.07. The zero-order chi connectivity index (χ0) is 11.8. The van der Waals surface area contributed by atoms with E-state index in [2.05, 4.69) is 39.4 Å². The Hall–Kier alpha value is -1.72. The average molecular weight is 232 g/mol. The van der Waals surface area contributed by atoms with E-state index in [1.165, 1.54) is 12.8 Å². The summed E-state index contributed by atoms with van der Waals surface area (Å²) >= 11 is 0. The minimum Gasteiger partial charge on any atom is -0.365 e. The smallest absolute Gasteiger partial charge is 0.183 e. The van der Waals surface area contributed by atoms with Crippen molar-refractivity contribution in [2.24, 2.45) is 5.92 Å². The van der Waals surface area contributed by atoms with Gasteiger partial charge in [-0.2, -0.15) is 0 Å². The van der Waals surface area contributed by atoms with E-state index in [0.29, 0.717) is 12.0 Å². The van der Waals surface area contributed by atoms with Crippen molar-refractivity contribution >= 4 is 17.0 Å². The van der Waals surface area contributed by atoms with Crippen LogP contribution in [0.3, 0.4) is 0 Å². The number of aromatic nitrogens is 5. The Morgan fingerprint density at radius 3 is 2.94 bits per heavy atom. The van der Waals surface area contributed by atoms with Crippen molar-refractivity contribution in [2.75, 3.05) is 5.32 Å². The normalized spacial score (nSPS) is 15.7. The van der Waals surface area contributed by atoms with Gasteiger partial charge in [0.25, 0.3) is 0 Å². The van der Waals surface area contributed by atoms with Gasteiger partial charge in [0.05, 0.1) is 0 Å². The number of fused-ring (bicyclic) bond motifs is 1. The largest absolute Gasteiger partial charge is 0.365 e. The first-order valence-corrected chi connectivity index (χ1v) is 6.05. The molecule has 0 aliphatic heterocycles. The molecule has 0 unspecified atom stereocenters. The Morgan fingerprint density at radius 1 is 1.41 bits per heavy atom. The molecule has 6 heteroatoms. The second-order valence-electron chi connectivity index (χ2n) is 4.98. The Labute approximate surface area is 99.4 Å². The fourth-order valence-corrected chi connectivity index (χ4v) is 1.79. The molecular formula is C11H16N6. The predicted octanol–water partition coefficient (Wildman–Crippen LogP) is 1.45. The molecule has 17 heavy (non-hydrogen) atoms. The molecular weight excluding hydrogens is 216 g/mol. The van der Waals surface area contributed by atoms with E-state index in [-0.39, 0.29) is 0 Å². The van der Waals surface area contributed by atoms with Crippen molar-refractivity contribution < 1.29 is 0 Å². The highest BCUT2D eigenvalue weighted by atomic mass is 15.4. The molecule has 2 heterocycles. The zero-order valence-corrected chi connectivity index (χ0v) is 10.1. The quantitative estimate of drug-likeness (QED) is 0.864. The molecule has 1 aliphatic carbocycles. The van der Waals surface area contributed by atoms with E-state index in [1.807, 2.05) is 4.68 Å². The van der Waals surface area contributed by atoms with E-state index >= 15 is 0 Å². The monoisotopic (exact) mass is 232 g/mol. The molecule has 6 nitrogen and oxygen atoms in total. The number of nitrogens with zero attached hydrogens (tertiary/aromatic N) is 5. The fourth-order valence-electron chi connectivity index (χ4n) is 1.79. The molecule has 1 N–H and O–H groups in total. The summed E-state index contributed by atoms with van der Waals surface area (Å²) in [5, 5.41) is 11.7. The highest BCUT2D eigenvalue weighted by Gasteiger charge is 2.23. The van der Waals surface area contributed by atoms with Gasteiger partial charge in [0.1, 0.15) is 6.33 Å². The molecule has 0 saturated heterocycles. The van der Waals surface area contributed by atoms with Gasteiger partial charge in [0, 0.05) is 12.6 Å². The van der Waals surface area contributed by atoms with Gasteiger partial charge in [0.15, 0.2) is 17.0 Å². The molecule has 0 spiro atoms. The summed E-state index contributed by atoms with van der Waals surface area (Å²) in [4.78, 5) is 8.51. The number of anilines is 1. The van der Waals surface area contributed by atoms with Gasteiger partial charge in [-0.1, -0.05) is 19.1 Å². The van der Waals surface area contributed by atoms with Crippen molar-refractivity contribution in [3.05, 3.63) is 6.33 Å². The van der Waals surface area contributed by atoms with E-state index < -0.39 is 0 Å². The van der Waals surface area contributed by atoms with Crippen molar-refractivity contribution in [3.8, 4) is 0 Å². The molecule has 1 saturated carbocycles. The molecule has 1 aliphatic rings. The molecule has 2 aromatic rings. The molecule has 1 fully saturated rings. The van der Waals surface area contributed by atoms with Gasteiger partial charge in [0.2, 0.25) is 0 Å². The summed E-state index contributed by atoms with van der Waals surface area (Å²) in [5.41, 5.74) is 1.59. The third-order valence-electron chi connectivity index (χ3n) is 2.76.